The maximum atomic E-state index is 12.8. The minimum Gasteiger partial charge on any atom is -0.348 e. The maximum Gasteiger partial charge on any atom is 0.240 e. The molecule has 1 atom stereocenters. The number of halogens is 1. The zero-order valence-electron chi connectivity index (χ0n) is 16.2. The zero-order valence-corrected chi connectivity index (χ0v) is 16.9. The average Bonchev–Trinajstić information content (AvgIpc) is 3.07. The van der Waals surface area contributed by atoms with E-state index < -0.39 is 0 Å². The van der Waals surface area contributed by atoms with E-state index in [-0.39, 0.29) is 18.5 Å². The molecule has 4 aromatic rings. The van der Waals surface area contributed by atoms with E-state index in [1.54, 1.807) is 0 Å². The number of benzene rings is 3. The number of nitrogens with zero attached hydrogens (tertiary/aromatic N) is 2. The first-order valence-electron chi connectivity index (χ1n) is 9.63. The summed E-state index contributed by atoms with van der Waals surface area (Å²) < 4.78 is 2.00. The third kappa shape index (κ3) is 4.49. The molecule has 0 aliphatic rings. The van der Waals surface area contributed by atoms with Crippen LogP contribution < -0.4 is 5.32 Å². The molecule has 0 spiro atoms. The van der Waals surface area contributed by atoms with Gasteiger partial charge in [0, 0.05) is 11.4 Å². The molecule has 4 nitrogen and oxygen atoms in total. The van der Waals surface area contributed by atoms with E-state index in [9.17, 15) is 4.79 Å². The van der Waals surface area contributed by atoms with E-state index in [0.717, 1.165) is 28.0 Å². The van der Waals surface area contributed by atoms with Crippen LogP contribution in [0.25, 0.3) is 11.0 Å². The van der Waals surface area contributed by atoms with Gasteiger partial charge in [-0.3, -0.25) is 4.79 Å². The topological polar surface area (TPSA) is 46.9 Å². The van der Waals surface area contributed by atoms with Crippen LogP contribution >= 0.6 is 11.6 Å². The van der Waals surface area contributed by atoms with Gasteiger partial charge in [-0.2, -0.15) is 0 Å². The fourth-order valence-corrected chi connectivity index (χ4v) is 3.60. The normalized spacial score (nSPS) is 12.1. The molecule has 0 saturated carbocycles. The number of rotatable bonds is 6. The van der Waals surface area contributed by atoms with Gasteiger partial charge in [-0.05, 0) is 42.3 Å². The summed E-state index contributed by atoms with van der Waals surface area (Å²) in [5.74, 6) is 0.817. The van der Waals surface area contributed by atoms with Crippen molar-refractivity contribution < 1.29 is 4.79 Å². The number of aromatic nitrogens is 2. The first-order valence-corrected chi connectivity index (χ1v) is 10.0. The summed E-state index contributed by atoms with van der Waals surface area (Å²) in [4.78, 5) is 17.6. The third-order valence-corrected chi connectivity index (χ3v) is 5.24. The van der Waals surface area contributed by atoms with Gasteiger partial charge in [-0.25, -0.2) is 4.98 Å². The van der Waals surface area contributed by atoms with E-state index in [1.165, 1.54) is 0 Å². The Balaban J connectivity index is 1.58. The third-order valence-electron chi connectivity index (χ3n) is 4.99. The number of hydrogen-bond acceptors (Lipinski definition) is 2. The minimum absolute atomic E-state index is 0.0399. The highest BCUT2D eigenvalue weighted by Crippen LogP contribution is 2.20. The van der Waals surface area contributed by atoms with Crippen LogP contribution in [0, 0.1) is 0 Å². The lowest BCUT2D eigenvalue weighted by Crippen LogP contribution is -2.30. The highest BCUT2D eigenvalue weighted by Gasteiger charge is 2.16. The lowest BCUT2D eigenvalue weighted by atomic mass is 10.1. The SMILES string of the molecule is CC(NC(=O)Cn1c(Cc2ccc(Cl)cc2)nc2ccccc21)c1ccccc1. The van der Waals surface area contributed by atoms with Crippen molar-refractivity contribution in [3.05, 3.63) is 101 Å². The van der Waals surface area contributed by atoms with Gasteiger partial charge >= 0.3 is 0 Å². The van der Waals surface area contributed by atoms with Crippen LogP contribution in [0.2, 0.25) is 5.02 Å². The first-order chi connectivity index (χ1) is 14.1. The Morgan fingerprint density at radius 3 is 2.45 bits per heavy atom. The van der Waals surface area contributed by atoms with Crippen LogP contribution in [0.5, 0.6) is 0 Å². The molecule has 3 aromatic carbocycles. The van der Waals surface area contributed by atoms with Crippen LogP contribution in [-0.4, -0.2) is 15.5 Å². The van der Waals surface area contributed by atoms with Crippen molar-refractivity contribution in [2.24, 2.45) is 0 Å². The largest absolute Gasteiger partial charge is 0.348 e. The molecule has 1 heterocycles. The Labute approximate surface area is 175 Å². The van der Waals surface area contributed by atoms with Gasteiger partial charge in [0.25, 0.3) is 0 Å². The van der Waals surface area contributed by atoms with Crippen molar-refractivity contribution in [2.75, 3.05) is 0 Å². The van der Waals surface area contributed by atoms with E-state index in [0.29, 0.717) is 11.4 Å². The molecule has 1 amide bonds. The number of imidazole rings is 1. The van der Waals surface area contributed by atoms with Gasteiger partial charge in [0.1, 0.15) is 12.4 Å². The fraction of sp³-hybridized carbons (Fsp3) is 0.167. The van der Waals surface area contributed by atoms with Crippen molar-refractivity contribution in [1.29, 1.82) is 0 Å². The molecule has 0 aliphatic carbocycles. The van der Waals surface area contributed by atoms with E-state index >= 15 is 0 Å². The Bertz CT molecular complexity index is 1120. The monoisotopic (exact) mass is 403 g/mol. The molecule has 0 aliphatic heterocycles. The van der Waals surface area contributed by atoms with Gasteiger partial charge in [0.15, 0.2) is 0 Å². The van der Waals surface area contributed by atoms with E-state index in [2.05, 4.69) is 5.32 Å². The highest BCUT2D eigenvalue weighted by atomic mass is 35.5. The first kappa shape index (κ1) is 19.2. The maximum absolute atomic E-state index is 12.8. The lowest BCUT2D eigenvalue weighted by molar-refractivity contribution is -0.122. The summed E-state index contributed by atoms with van der Waals surface area (Å²) in [5, 5.41) is 3.80. The Kier molecular flexibility index (Phi) is 5.63. The average molecular weight is 404 g/mol. The molecule has 0 bridgehead atoms. The summed E-state index contributed by atoms with van der Waals surface area (Å²) in [6, 6.07) is 25.5. The van der Waals surface area contributed by atoms with Crippen LogP contribution in [0.3, 0.4) is 0 Å². The number of carbonyl (C=O) groups is 1. The quantitative estimate of drug-likeness (QED) is 0.483. The van der Waals surface area contributed by atoms with Crippen molar-refractivity contribution in [1.82, 2.24) is 14.9 Å². The van der Waals surface area contributed by atoms with Crippen LogP contribution in [-0.2, 0) is 17.8 Å². The van der Waals surface area contributed by atoms with Crippen molar-refractivity contribution in [3.8, 4) is 0 Å². The molecule has 1 aromatic heterocycles. The predicted octanol–water partition coefficient (Wildman–Crippen LogP) is 5.16. The second-order valence-electron chi connectivity index (χ2n) is 7.11. The predicted molar refractivity (Wildman–Crippen MR) is 117 cm³/mol. The smallest absolute Gasteiger partial charge is 0.240 e. The second-order valence-corrected chi connectivity index (χ2v) is 7.54. The molecule has 0 fully saturated rings. The van der Waals surface area contributed by atoms with E-state index in [4.69, 9.17) is 16.6 Å². The van der Waals surface area contributed by atoms with Crippen LogP contribution in [0.1, 0.15) is 29.9 Å². The number of fused-ring (bicyclic) bond motifs is 1. The number of amides is 1. The number of carbonyl (C=O) groups excluding carboxylic acids is 1. The van der Waals surface area contributed by atoms with Crippen LogP contribution in [0.4, 0.5) is 0 Å². The molecule has 1 unspecified atom stereocenters. The number of hydrogen-bond donors (Lipinski definition) is 1. The molecule has 1 N–H and O–H groups in total. The summed E-state index contributed by atoms with van der Waals surface area (Å²) in [5.41, 5.74) is 4.03. The Morgan fingerprint density at radius 2 is 1.69 bits per heavy atom. The highest BCUT2D eigenvalue weighted by molar-refractivity contribution is 6.30. The number of nitrogens with one attached hydrogen (secondary N) is 1. The van der Waals surface area contributed by atoms with Gasteiger partial charge in [-0.1, -0.05) is 66.2 Å². The van der Waals surface area contributed by atoms with Gasteiger partial charge in [-0.15, -0.1) is 0 Å². The van der Waals surface area contributed by atoms with Gasteiger partial charge in [0.2, 0.25) is 5.91 Å². The van der Waals surface area contributed by atoms with Crippen molar-refractivity contribution in [3.63, 3.8) is 0 Å². The van der Waals surface area contributed by atoms with Crippen LogP contribution in [0.15, 0.2) is 78.9 Å². The minimum atomic E-state index is -0.0572. The lowest BCUT2D eigenvalue weighted by Gasteiger charge is -2.16. The molecule has 146 valence electrons. The van der Waals surface area contributed by atoms with Crippen molar-refractivity contribution >= 4 is 28.5 Å². The van der Waals surface area contributed by atoms with Crippen molar-refractivity contribution in [2.45, 2.75) is 25.9 Å². The standard InChI is InChI=1S/C24H22ClN3O/c1-17(19-7-3-2-4-8-19)26-24(29)16-28-22-10-6-5-9-21(22)27-23(28)15-18-11-13-20(25)14-12-18/h2-14,17H,15-16H2,1H3,(H,26,29). The van der Waals surface area contributed by atoms with Gasteiger partial charge in [0.05, 0.1) is 17.1 Å². The molecule has 29 heavy (non-hydrogen) atoms. The molecule has 4 rings (SSSR count). The number of para-hydroxylation sites is 2. The molecule has 0 saturated heterocycles. The van der Waals surface area contributed by atoms with E-state index in [1.807, 2.05) is 90.4 Å². The molecular formula is C24H22ClN3O. The fourth-order valence-electron chi connectivity index (χ4n) is 3.48. The zero-order chi connectivity index (χ0) is 20.2. The molecular weight excluding hydrogens is 382 g/mol. The summed E-state index contributed by atoms with van der Waals surface area (Å²) in [6.45, 7) is 2.22. The summed E-state index contributed by atoms with van der Waals surface area (Å²) in [6.07, 6.45) is 0.632. The summed E-state index contributed by atoms with van der Waals surface area (Å²) in [7, 11) is 0. The molecule has 5 heteroatoms. The Morgan fingerprint density at radius 1 is 1.00 bits per heavy atom. The van der Waals surface area contributed by atoms with Gasteiger partial charge < -0.3 is 9.88 Å². The Hall–Kier alpha value is -3.11. The summed E-state index contributed by atoms with van der Waals surface area (Å²) >= 11 is 6.00. The second kappa shape index (κ2) is 8.50. The molecule has 0 radical (unpaired) electrons.